The molecule has 0 saturated heterocycles. The molecule has 0 amide bonds. The molecule has 0 heterocycles. The van der Waals surface area contributed by atoms with E-state index in [9.17, 15) is 4.39 Å². The maximum atomic E-state index is 13.1. The van der Waals surface area contributed by atoms with Crippen LogP contribution in [-0.2, 0) is 12.8 Å². The normalized spacial score (nSPS) is 15.0. The highest BCUT2D eigenvalue weighted by atomic mass is 19.1. The molecule has 1 nitrogen and oxygen atoms in total. The van der Waals surface area contributed by atoms with Crippen molar-refractivity contribution in [2.24, 2.45) is 0 Å². The van der Waals surface area contributed by atoms with Crippen LogP contribution in [0.4, 0.5) is 10.1 Å². The van der Waals surface area contributed by atoms with Gasteiger partial charge in [0.2, 0.25) is 0 Å². The lowest BCUT2D eigenvalue weighted by Crippen LogP contribution is -1.93. The first-order chi connectivity index (χ1) is 5.27. The maximum Gasteiger partial charge on any atom is 0.128 e. The second-order valence-electron chi connectivity index (χ2n) is 2.99. The molecule has 0 saturated carbocycles. The Kier molecular flexibility index (Phi) is 1.34. The number of hydrogen-bond acceptors (Lipinski definition) is 1. The van der Waals surface area contributed by atoms with E-state index in [2.05, 4.69) is 0 Å². The van der Waals surface area contributed by atoms with Crippen LogP contribution < -0.4 is 5.73 Å². The van der Waals surface area contributed by atoms with E-state index in [1.54, 1.807) is 0 Å². The number of nitrogen functional groups attached to an aromatic ring is 1. The molecule has 0 bridgehead atoms. The first kappa shape index (κ1) is 6.65. The van der Waals surface area contributed by atoms with E-state index in [0.717, 1.165) is 30.4 Å². The molecule has 1 aromatic rings. The van der Waals surface area contributed by atoms with E-state index in [4.69, 9.17) is 5.73 Å². The standard InChI is InChI=1S/C9H10FN/c10-9-5-7(11)4-6-2-1-3-8(6)9/h4-5H,1-3,11H2. The fourth-order valence-corrected chi connectivity index (χ4v) is 1.68. The summed E-state index contributed by atoms with van der Waals surface area (Å²) in [5.41, 5.74) is 8.01. The smallest absolute Gasteiger partial charge is 0.128 e. The van der Waals surface area contributed by atoms with Gasteiger partial charge in [-0.05, 0) is 42.5 Å². The number of benzene rings is 1. The minimum atomic E-state index is -0.127. The van der Waals surface area contributed by atoms with Gasteiger partial charge in [-0.25, -0.2) is 4.39 Å². The van der Waals surface area contributed by atoms with Gasteiger partial charge in [0, 0.05) is 5.69 Å². The first-order valence-corrected chi connectivity index (χ1v) is 3.84. The summed E-state index contributed by atoms with van der Waals surface area (Å²) in [6.45, 7) is 0. The van der Waals surface area contributed by atoms with Crippen LogP contribution >= 0.6 is 0 Å². The van der Waals surface area contributed by atoms with E-state index in [0.29, 0.717) is 5.69 Å². The highest BCUT2D eigenvalue weighted by Crippen LogP contribution is 2.26. The Morgan fingerprint density at radius 2 is 2.09 bits per heavy atom. The number of fused-ring (bicyclic) bond motifs is 1. The zero-order valence-corrected chi connectivity index (χ0v) is 6.23. The molecule has 2 rings (SSSR count). The molecule has 0 aliphatic heterocycles. The van der Waals surface area contributed by atoms with E-state index >= 15 is 0 Å². The predicted molar refractivity (Wildman–Crippen MR) is 42.8 cm³/mol. The highest BCUT2D eigenvalue weighted by Gasteiger charge is 2.15. The Morgan fingerprint density at radius 1 is 1.27 bits per heavy atom. The van der Waals surface area contributed by atoms with Crippen molar-refractivity contribution in [1.82, 2.24) is 0 Å². The molecule has 0 unspecified atom stereocenters. The minimum Gasteiger partial charge on any atom is -0.399 e. The van der Waals surface area contributed by atoms with E-state index in [-0.39, 0.29) is 5.82 Å². The molecular weight excluding hydrogens is 141 g/mol. The van der Waals surface area contributed by atoms with Crippen LogP contribution in [0.15, 0.2) is 12.1 Å². The molecule has 0 fully saturated rings. The summed E-state index contributed by atoms with van der Waals surface area (Å²) < 4.78 is 13.1. The van der Waals surface area contributed by atoms with Gasteiger partial charge in [-0.3, -0.25) is 0 Å². The van der Waals surface area contributed by atoms with Crippen molar-refractivity contribution < 1.29 is 4.39 Å². The van der Waals surface area contributed by atoms with Gasteiger partial charge in [-0.1, -0.05) is 0 Å². The quantitative estimate of drug-likeness (QED) is 0.563. The van der Waals surface area contributed by atoms with Crippen LogP contribution in [0.3, 0.4) is 0 Å². The van der Waals surface area contributed by atoms with Gasteiger partial charge >= 0.3 is 0 Å². The van der Waals surface area contributed by atoms with Gasteiger partial charge in [0.05, 0.1) is 0 Å². The van der Waals surface area contributed by atoms with Crippen molar-refractivity contribution in [2.75, 3.05) is 5.73 Å². The number of halogens is 1. The zero-order valence-electron chi connectivity index (χ0n) is 6.23. The lowest BCUT2D eigenvalue weighted by molar-refractivity contribution is 0.613. The van der Waals surface area contributed by atoms with Crippen LogP contribution in [0, 0.1) is 5.82 Å². The van der Waals surface area contributed by atoms with Crippen molar-refractivity contribution in [1.29, 1.82) is 0 Å². The molecule has 11 heavy (non-hydrogen) atoms. The van der Waals surface area contributed by atoms with Crippen LogP contribution in [0.1, 0.15) is 17.5 Å². The molecule has 0 aromatic heterocycles. The third-order valence-corrected chi connectivity index (χ3v) is 2.18. The summed E-state index contributed by atoms with van der Waals surface area (Å²) in [5, 5.41) is 0. The Bertz CT molecular complexity index is 294. The first-order valence-electron chi connectivity index (χ1n) is 3.84. The predicted octanol–water partition coefficient (Wildman–Crippen LogP) is 1.90. The number of anilines is 1. The van der Waals surface area contributed by atoms with Gasteiger partial charge in [0.15, 0.2) is 0 Å². The second-order valence-corrected chi connectivity index (χ2v) is 2.99. The lowest BCUT2D eigenvalue weighted by atomic mass is 10.1. The van der Waals surface area contributed by atoms with E-state index < -0.39 is 0 Å². The fraction of sp³-hybridized carbons (Fsp3) is 0.333. The molecule has 1 aliphatic carbocycles. The molecule has 1 aliphatic rings. The van der Waals surface area contributed by atoms with Gasteiger partial charge in [-0.2, -0.15) is 0 Å². The van der Waals surface area contributed by atoms with Crippen LogP contribution in [0.2, 0.25) is 0 Å². The summed E-state index contributed by atoms with van der Waals surface area (Å²) in [4.78, 5) is 0. The monoisotopic (exact) mass is 151 g/mol. The highest BCUT2D eigenvalue weighted by molar-refractivity contribution is 5.47. The molecule has 2 N–H and O–H groups in total. The summed E-state index contributed by atoms with van der Waals surface area (Å²) in [6.07, 6.45) is 2.93. The van der Waals surface area contributed by atoms with Crippen molar-refractivity contribution in [3.63, 3.8) is 0 Å². The second kappa shape index (κ2) is 2.22. The average molecular weight is 151 g/mol. The summed E-state index contributed by atoms with van der Waals surface area (Å²) in [5.74, 6) is -0.127. The van der Waals surface area contributed by atoms with Crippen LogP contribution in [-0.4, -0.2) is 0 Å². The van der Waals surface area contributed by atoms with Gasteiger partial charge < -0.3 is 5.73 Å². The Hall–Kier alpha value is -1.05. The SMILES string of the molecule is Nc1cc(F)c2c(c1)CCC2. The third-order valence-electron chi connectivity index (χ3n) is 2.18. The lowest BCUT2D eigenvalue weighted by Gasteiger charge is -2.01. The summed E-state index contributed by atoms with van der Waals surface area (Å²) in [7, 11) is 0. The minimum absolute atomic E-state index is 0.127. The molecule has 58 valence electrons. The Balaban J connectivity index is 2.60. The van der Waals surface area contributed by atoms with Crippen molar-refractivity contribution in [3.05, 3.63) is 29.1 Å². The van der Waals surface area contributed by atoms with Crippen molar-refractivity contribution in [2.45, 2.75) is 19.3 Å². The number of aryl methyl sites for hydroxylation is 1. The van der Waals surface area contributed by atoms with E-state index in [1.165, 1.54) is 6.07 Å². The molecule has 0 spiro atoms. The number of rotatable bonds is 0. The van der Waals surface area contributed by atoms with Crippen molar-refractivity contribution in [3.8, 4) is 0 Å². The topological polar surface area (TPSA) is 26.0 Å². The van der Waals surface area contributed by atoms with Crippen LogP contribution in [0.25, 0.3) is 0 Å². The average Bonchev–Trinajstić information content (AvgIpc) is 2.34. The fourth-order valence-electron chi connectivity index (χ4n) is 1.68. The molecule has 0 radical (unpaired) electrons. The van der Waals surface area contributed by atoms with Gasteiger partial charge in [-0.15, -0.1) is 0 Å². The largest absolute Gasteiger partial charge is 0.399 e. The summed E-state index contributed by atoms with van der Waals surface area (Å²) >= 11 is 0. The molecule has 2 heteroatoms. The Labute approximate surface area is 65.0 Å². The Morgan fingerprint density at radius 3 is 2.91 bits per heavy atom. The van der Waals surface area contributed by atoms with Gasteiger partial charge in [0.1, 0.15) is 5.82 Å². The van der Waals surface area contributed by atoms with Crippen LogP contribution in [0.5, 0.6) is 0 Å². The maximum absolute atomic E-state index is 13.1. The molecule has 1 aromatic carbocycles. The zero-order chi connectivity index (χ0) is 7.84. The molecule has 0 atom stereocenters. The van der Waals surface area contributed by atoms with E-state index in [1.807, 2.05) is 6.07 Å². The van der Waals surface area contributed by atoms with Gasteiger partial charge in [0.25, 0.3) is 0 Å². The number of hydrogen-bond donors (Lipinski definition) is 1. The van der Waals surface area contributed by atoms with Crippen molar-refractivity contribution >= 4 is 5.69 Å². The third kappa shape index (κ3) is 0.985. The number of nitrogens with two attached hydrogens (primary N) is 1. The summed E-state index contributed by atoms with van der Waals surface area (Å²) in [6, 6.07) is 3.29. The molecular formula is C9H10FN.